The Bertz CT molecular complexity index is 397. The van der Waals surface area contributed by atoms with E-state index in [1.54, 1.807) is 4.90 Å². The van der Waals surface area contributed by atoms with Crippen LogP contribution in [0.1, 0.15) is 11.1 Å². The number of nitrogens with zero attached hydrogens (tertiary/aromatic N) is 2. The maximum atomic E-state index is 12.2. The highest BCUT2D eigenvalue weighted by Crippen LogP contribution is 2.08. The van der Waals surface area contributed by atoms with E-state index in [2.05, 4.69) is 31.2 Å². The van der Waals surface area contributed by atoms with Crippen LogP contribution in [0.5, 0.6) is 0 Å². The molecule has 0 aromatic heterocycles. The van der Waals surface area contributed by atoms with Gasteiger partial charge in [-0.1, -0.05) is 29.8 Å². The number of hydrogen-bond acceptors (Lipinski definition) is 2. The summed E-state index contributed by atoms with van der Waals surface area (Å²) in [5.41, 5.74) is 2.39. The van der Waals surface area contributed by atoms with E-state index in [1.807, 2.05) is 11.9 Å². The van der Waals surface area contributed by atoms with Gasteiger partial charge in [0, 0.05) is 26.7 Å². The van der Waals surface area contributed by atoms with E-state index in [1.165, 1.54) is 5.56 Å². The Morgan fingerprint density at radius 1 is 1.28 bits per heavy atom. The Kier molecular flexibility index (Phi) is 4.20. The van der Waals surface area contributed by atoms with Crippen LogP contribution in [0, 0.1) is 6.92 Å². The Hall–Kier alpha value is -1.55. The van der Waals surface area contributed by atoms with Crippen LogP contribution < -0.4 is 0 Å². The second-order valence-electron chi connectivity index (χ2n) is 4.72. The molecule has 1 fully saturated rings. The molecule has 1 aliphatic rings. The molecular weight excluding hydrogens is 228 g/mol. The number of morpholine rings is 1. The van der Waals surface area contributed by atoms with Crippen molar-refractivity contribution in [3.8, 4) is 0 Å². The molecule has 0 spiro atoms. The lowest BCUT2D eigenvalue weighted by Gasteiger charge is -2.31. The van der Waals surface area contributed by atoms with Gasteiger partial charge >= 0.3 is 6.03 Å². The zero-order valence-corrected chi connectivity index (χ0v) is 11.1. The van der Waals surface area contributed by atoms with Crippen molar-refractivity contribution in [2.75, 3.05) is 33.4 Å². The van der Waals surface area contributed by atoms with E-state index in [-0.39, 0.29) is 6.03 Å². The number of aryl methyl sites for hydroxylation is 1. The predicted molar refractivity (Wildman–Crippen MR) is 70.4 cm³/mol. The number of carbonyl (C=O) groups excluding carboxylic acids is 1. The molecule has 2 amide bonds. The van der Waals surface area contributed by atoms with Gasteiger partial charge < -0.3 is 14.5 Å². The first-order valence-electron chi connectivity index (χ1n) is 6.30. The summed E-state index contributed by atoms with van der Waals surface area (Å²) in [4.78, 5) is 15.8. The predicted octanol–water partition coefficient (Wildman–Crippen LogP) is 1.88. The fourth-order valence-corrected chi connectivity index (χ4v) is 2.03. The summed E-state index contributed by atoms with van der Waals surface area (Å²) in [6, 6.07) is 8.36. The standard InChI is InChI=1S/C14H20N2O2/c1-12-3-5-13(6-4-12)11-15(2)14(17)16-7-9-18-10-8-16/h3-6H,7-11H2,1-2H3. The maximum Gasteiger partial charge on any atom is 0.320 e. The normalized spacial score (nSPS) is 15.6. The van der Waals surface area contributed by atoms with Crippen molar-refractivity contribution in [3.05, 3.63) is 35.4 Å². The van der Waals surface area contributed by atoms with Crippen LogP contribution in [-0.4, -0.2) is 49.2 Å². The zero-order valence-electron chi connectivity index (χ0n) is 11.1. The third kappa shape index (κ3) is 3.23. The first-order valence-corrected chi connectivity index (χ1v) is 6.30. The van der Waals surface area contributed by atoms with Gasteiger partial charge in [-0.2, -0.15) is 0 Å². The smallest absolute Gasteiger partial charge is 0.320 e. The number of hydrogen-bond donors (Lipinski definition) is 0. The molecule has 0 unspecified atom stereocenters. The molecule has 4 nitrogen and oxygen atoms in total. The molecule has 2 rings (SSSR count). The Balaban J connectivity index is 1.92. The van der Waals surface area contributed by atoms with Crippen molar-refractivity contribution in [2.24, 2.45) is 0 Å². The summed E-state index contributed by atoms with van der Waals surface area (Å²) in [6.07, 6.45) is 0. The summed E-state index contributed by atoms with van der Waals surface area (Å²) in [6.45, 7) is 5.38. The van der Waals surface area contributed by atoms with Crippen molar-refractivity contribution in [3.63, 3.8) is 0 Å². The largest absolute Gasteiger partial charge is 0.378 e. The Labute approximate surface area is 108 Å². The van der Waals surface area contributed by atoms with Gasteiger partial charge in [-0.15, -0.1) is 0 Å². The second-order valence-corrected chi connectivity index (χ2v) is 4.72. The number of benzene rings is 1. The fraction of sp³-hybridized carbons (Fsp3) is 0.500. The molecule has 18 heavy (non-hydrogen) atoms. The average Bonchev–Trinajstić information content (AvgIpc) is 2.41. The molecule has 1 aromatic rings. The fourth-order valence-electron chi connectivity index (χ4n) is 2.03. The van der Waals surface area contributed by atoms with Crippen LogP contribution in [0.25, 0.3) is 0 Å². The molecule has 0 saturated carbocycles. The van der Waals surface area contributed by atoms with Crippen LogP contribution in [0.2, 0.25) is 0 Å². The van der Waals surface area contributed by atoms with E-state index in [0.29, 0.717) is 32.8 Å². The van der Waals surface area contributed by atoms with Crippen molar-refractivity contribution >= 4 is 6.03 Å². The second kappa shape index (κ2) is 5.87. The Morgan fingerprint density at radius 3 is 2.50 bits per heavy atom. The van der Waals surface area contributed by atoms with Crippen molar-refractivity contribution < 1.29 is 9.53 Å². The molecule has 0 bridgehead atoms. The maximum absolute atomic E-state index is 12.2. The van der Waals surface area contributed by atoms with Gasteiger partial charge in [-0.25, -0.2) is 4.79 Å². The summed E-state index contributed by atoms with van der Waals surface area (Å²) < 4.78 is 5.25. The lowest BCUT2D eigenvalue weighted by molar-refractivity contribution is 0.0448. The van der Waals surface area contributed by atoms with Gasteiger partial charge in [0.2, 0.25) is 0 Å². The summed E-state index contributed by atoms with van der Waals surface area (Å²) >= 11 is 0. The molecule has 98 valence electrons. The molecule has 0 aliphatic carbocycles. The van der Waals surface area contributed by atoms with Gasteiger partial charge in [0.1, 0.15) is 0 Å². The third-order valence-corrected chi connectivity index (χ3v) is 3.15. The highest BCUT2D eigenvalue weighted by molar-refractivity contribution is 5.74. The van der Waals surface area contributed by atoms with Crippen LogP contribution in [0.3, 0.4) is 0 Å². The first-order chi connectivity index (χ1) is 8.66. The van der Waals surface area contributed by atoms with Gasteiger partial charge in [0.15, 0.2) is 0 Å². The van der Waals surface area contributed by atoms with Gasteiger partial charge in [-0.3, -0.25) is 0 Å². The molecule has 1 aromatic carbocycles. The number of carbonyl (C=O) groups is 1. The summed E-state index contributed by atoms with van der Waals surface area (Å²) in [5, 5.41) is 0. The van der Waals surface area contributed by atoms with E-state index >= 15 is 0 Å². The van der Waals surface area contributed by atoms with Gasteiger partial charge in [0.05, 0.1) is 13.2 Å². The molecule has 0 N–H and O–H groups in total. The lowest BCUT2D eigenvalue weighted by atomic mass is 10.1. The van der Waals surface area contributed by atoms with Crippen LogP contribution in [0.4, 0.5) is 4.79 Å². The zero-order chi connectivity index (χ0) is 13.0. The molecule has 4 heteroatoms. The van der Waals surface area contributed by atoms with Crippen molar-refractivity contribution in [1.82, 2.24) is 9.80 Å². The van der Waals surface area contributed by atoms with Gasteiger partial charge in [-0.05, 0) is 12.5 Å². The highest BCUT2D eigenvalue weighted by Gasteiger charge is 2.20. The topological polar surface area (TPSA) is 32.8 Å². The minimum atomic E-state index is 0.0823. The van der Waals surface area contributed by atoms with E-state index in [4.69, 9.17) is 4.74 Å². The lowest BCUT2D eigenvalue weighted by Crippen LogP contribution is -2.46. The minimum absolute atomic E-state index is 0.0823. The third-order valence-electron chi connectivity index (χ3n) is 3.15. The molecule has 0 radical (unpaired) electrons. The van der Waals surface area contributed by atoms with Crippen LogP contribution >= 0.6 is 0 Å². The quantitative estimate of drug-likeness (QED) is 0.800. The van der Waals surface area contributed by atoms with Crippen LogP contribution in [0.15, 0.2) is 24.3 Å². The van der Waals surface area contributed by atoms with E-state index in [9.17, 15) is 4.79 Å². The summed E-state index contributed by atoms with van der Waals surface area (Å²) in [7, 11) is 1.84. The highest BCUT2D eigenvalue weighted by atomic mass is 16.5. The molecule has 1 heterocycles. The summed E-state index contributed by atoms with van der Waals surface area (Å²) in [5.74, 6) is 0. The SMILES string of the molecule is Cc1ccc(CN(C)C(=O)N2CCOCC2)cc1. The van der Waals surface area contributed by atoms with Gasteiger partial charge in [0.25, 0.3) is 0 Å². The monoisotopic (exact) mass is 248 g/mol. The van der Waals surface area contributed by atoms with Crippen LogP contribution in [-0.2, 0) is 11.3 Å². The number of rotatable bonds is 2. The Morgan fingerprint density at radius 2 is 1.89 bits per heavy atom. The van der Waals surface area contributed by atoms with Crippen molar-refractivity contribution in [1.29, 1.82) is 0 Å². The minimum Gasteiger partial charge on any atom is -0.378 e. The number of urea groups is 1. The number of ether oxygens (including phenoxy) is 1. The average molecular weight is 248 g/mol. The first kappa shape index (κ1) is 12.9. The molecule has 0 atom stereocenters. The van der Waals surface area contributed by atoms with E-state index in [0.717, 1.165) is 5.56 Å². The molecule has 1 saturated heterocycles. The number of amides is 2. The van der Waals surface area contributed by atoms with E-state index < -0.39 is 0 Å². The van der Waals surface area contributed by atoms with Crippen molar-refractivity contribution in [2.45, 2.75) is 13.5 Å². The molecular formula is C14H20N2O2. The molecule has 1 aliphatic heterocycles.